The Morgan fingerprint density at radius 3 is 2.50 bits per heavy atom. The van der Waals surface area contributed by atoms with E-state index in [0.717, 1.165) is 26.1 Å². The minimum absolute atomic E-state index is 0.160. The fourth-order valence-electron chi connectivity index (χ4n) is 3.30. The average Bonchev–Trinajstić information content (AvgIpc) is 2.54. The highest BCUT2D eigenvalue weighted by atomic mass is 19.1. The summed E-state index contributed by atoms with van der Waals surface area (Å²) < 4.78 is 13.1. The van der Waals surface area contributed by atoms with Crippen LogP contribution in [0.2, 0.25) is 0 Å². The first-order valence-corrected chi connectivity index (χ1v) is 7.92. The molecule has 1 heterocycles. The van der Waals surface area contributed by atoms with Gasteiger partial charge in [0, 0.05) is 25.7 Å². The van der Waals surface area contributed by atoms with Crippen LogP contribution in [0.1, 0.15) is 23.5 Å². The van der Waals surface area contributed by atoms with Gasteiger partial charge in [-0.05, 0) is 42.6 Å². The lowest BCUT2D eigenvalue weighted by atomic mass is 9.88. The van der Waals surface area contributed by atoms with Crippen molar-refractivity contribution < 1.29 is 4.39 Å². The van der Waals surface area contributed by atoms with Crippen molar-refractivity contribution in [2.75, 3.05) is 20.1 Å². The van der Waals surface area contributed by atoms with Crippen molar-refractivity contribution in [3.05, 3.63) is 71.5 Å². The molecular weight excluding hydrogens is 275 g/mol. The molecule has 0 aromatic heterocycles. The number of likely N-dealkylation sites (tertiary alicyclic amines) is 1. The number of rotatable bonds is 4. The minimum Gasteiger partial charge on any atom is -0.309 e. The number of likely N-dealkylation sites (N-methyl/N-ethyl adjacent to an activating group) is 1. The third-order valence-corrected chi connectivity index (χ3v) is 4.41. The topological polar surface area (TPSA) is 15.3 Å². The molecule has 0 spiro atoms. The molecule has 0 aliphatic carbocycles. The Hall–Kier alpha value is -1.71. The molecule has 1 N–H and O–H groups in total. The maximum absolute atomic E-state index is 13.1. The third-order valence-electron chi connectivity index (χ3n) is 4.41. The summed E-state index contributed by atoms with van der Waals surface area (Å²) in [6, 6.07) is 17.9. The molecule has 2 aromatic carbocycles. The van der Waals surface area contributed by atoms with Crippen molar-refractivity contribution >= 4 is 0 Å². The number of piperidine rings is 1. The van der Waals surface area contributed by atoms with Crippen LogP contribution >= 0.6 is 0 Å². The fourth-order valence-corrected chi connectivity index (χ4v) is 3.30. The number of nitrogens with one attached hydrogen (secondary N) is 1. The molecule has 1 aliphatic rings. The maximum atomic E-state index is 13.1. The van der Waals surface area contributed by atoms with E-state index in [0.29, 0.717) is 12.0 Å². The van der Waals surface area contributed by atoms with E-state index >= 15 is 0 Å². The number of nitrogens with zero attached hydrogens (tertiary/aromatic N) is 1. The van der Waals surface area contributed by atoms with Crippen LogP contribution in [0.5, 0.6) is 0 Å². The molecule has 0 saturated carbocycles. The van der Waals surface area contributed by atoms with Gasteiger partial charge in [0.1, 0.15) is 5.82 Å². The van der Waals surface area contributed by atoms with Gasteiger partial charge in [-0.2, -0.15) is 0 Å². The smallest absolute Gasteiger partial charge is 0.123 e. The quantitative estimate of drug-likeness (QED) is 0.930. The SMILES string of the molecule is CN1CC(NCc2ccccc2)CC(c2ccc(F)cc2)C1. The lowest BCUT2D eigenvalue weighted by molar-refractivity contribution is 0.204. The molecule has 116 valence electrons. The van der Waals surface area contributed by atoms with Gasteiger partial charge in [0.25, 0.3) is 0 Å². The molecule has 3 heteroatoms. The van der Waals surface area contributed by atoms with Crippen LogP contribution in [-0.4, -0.2) is 31.1 Å². The summed E-state index contributed by atoms with van der Waals surface area (Å²) in [5, 5.41) is 3.66. The average molecular weight is 298 g/mol. The van der Waals surface area contributed by atoms with Crippen molar-refractivity contribution in [2.45, 2.75) is 24.9 Å². The second-order valence-corrected chi connectivity index (χ2v) is 6.27. The molecule has 2 atom stereocenters. The largest absolute Gasteiger partial charge is 0.309 e. The molecule has 1 saturated heterocycles. The zero-order valence-electron chi connectivity index (χ0n) is 13.0. The molecule has 0 bridgehead atoms. The van der Waals surface area contributed by atoms with Gasteiger partial charge in [0.2, 0.25) is 0 Å². The summed E-state index contributed by atoms with van der Waals surface area (Å²) in [7, 11) is 2.16. The van der Waals surface area contributed by atoms with Gasteiger partial charge in [0.05, 0.1) is 0 Å². The van der Waals surface area contributed by atoms with E-state index in [1.807, 2.05) is 18.2 Å². The lowest BCUT2D eigenvalue weighted by Gasteiger charge is -2.36. The van der Waals surface area contributed by atoms with E-state index in [4.69, 9.17) is 0 Å². The molecule has 0 amide bonds. The van der Waals surface area contributed by atoms with Gasteiger partial charge in [-0.3, -0.25) is 0 Å². The highest BCUT2D eigenvalue weighted by molar-refractivity contribution is 5.22. The number of hydrogen-bond acceptors (Lipinski definition) is 2. The summed E-state index contributed by atoms with van der Waals surface area (Å²) in [6.45, 7) is 3.00. The van der Waals surface area contributed by atoms with Gasteiger partial charge in [0.15, 0.2) is 0 Å². The van der Waals surface area contributed by atoms with E-state index < -0.39 is 0 Å². The molecular formula is C19H23FN2. The zero-order valence-corrected chi connectivity index (χ0v) is 13.0. The van der Waals surface area contributed by atoms with Gasteiger partial charge in [-0.15, -0.1) is 0 Å². The molecule has 0 radical (unpaired) electrons. The summed E-state index contributed by atoms with van der Waals surface area (Å²) in [6.07, 6.45) is 1.10. The van der Waals surface area contributed by atoms with E-state index in [1.165, 1.54) is 11.1 Å². The lowest BCUT2D eigenvalue weighted by Crippen LogP contribution is -2.46. The van der Waals surface area contributed by atoms with Crippen LogP contribution in [0.3, 0.4) is 0 Å². The van der Waals surface area contributed by atoms with Gasteiger partial charge < -0.3 is 10.2 Å². The van der Waals surface area contributed by atoms with Crippen molar-refractivity contribution in [2.24, 2.45) is 0 Å². The summed E-state index contributed by atoms with van der Waals surface area (Å²) >= 11 is 0. The van der Waals surface area contributed by atoms with E-state index in [9.17, 15) is 4.39 Å². The molecule has 2 nitrogen and oxygen atoms in total. The second kappa shape index (κ2) is 7.03. The van der Waals surface area contributed by atoms with Crippen LogP contribution in [0.15, 0.2) is 54.6 Å². The van der Waals surface area contributed by atoms with Gasteiger partial charge in [-0.25, -0.2) is 4.39 Å². The van der Waals surface area contributed by atoms with Crippen LogP contribution in [0.4, 0.5) is 4.39 Å². The van der Waals surface area contributed by atoms with E-state index in [1.54, 1.807) is 12.1 Å². The Balaban J connectivity index is 1.62. The number of benzene rings is 2. The Kier molecular flexibility index (Phi) is 4.86. The Morgan fingerprint density at radius 1 is 1.05 bits per heavy atom. The highest BCUT2D eigenvalue weighted by Crippen LogP contribution is 2.26. The maximum Gasteiger partial charge on any atom is 0.123 e. The predicted octanol–water partition coefficient (Wildman–Crippen LogP) is 3.40. The number of hydrogen-bond donors (Lipinski definition) is 1. The monoisotopic (exact) mass is 298 g/mol. The van der Waals surface area contributed by atoms with Gasteiger partial charge in [-0.1, -0.05) is 42.5 Å². The van der Waals surface area contributed by atoms with E-state index in [-0.39, 0.29) is 5.82 Å². The molecule has 22 heavy (non-hydrogen) atoms. The first-order valence-electron chi connectivity index (χ1n) is 7.92. The highest BCUT2D eigenvalue weighted by Gasteiger charge is 2.26. The van der Waals surface area contributed by atoms with Gasteiger partial charge >= 0.3 is 0 Å². The summed E-state index contributed by atoms with van der Waals surface area (Å²) in [5.74, 6) is 0.305. The first kappa shape index (κ1) is 15.2. The van der Waals surface area contributed by atoms with Crippen LogP contribution in [-0.2, 0) is 6.54 Å². The molecule has 1 aliphatic heterocycles. The Morgan fingerprint density at radius 2 is 1.77 bits per heavy atom. The second-order valence-electron chi connectivity index (χ2n) is 6.27. The number of halogens is 1. The molecule has 2 unspecified atom stereocenters. The summed E-state index contributed by atoms with van der Waals surface area (Å²) in [4.78, 5) is 2.36. The summed E-state index contributed by atoms with van der Waals surface area (Å²) in [5.41, 5.74) is 2.55. The molecule has 2 aromatic rings. The van der Waals surface area contributed by atoms with Crippen molar-refractivity contribution in [1.82, 2.24) is 10.2 Å². The predicted molar refractivity (Wildman–Crippen MR) is 88.3 cm³/mol. The van der Waals surface area contributed by atoms with E-state index in [2.05, 4.69) is 41.5 Å². The normalized spacial score (nSPS) is 22.6. The molecule has 1 fully saturated rings. The fraction of sp³-hybridized carbons (Fsp3) is 0.368. The standard InChI is InChI=1S/C19H23FN2/c1-22-13-17(16-7-9-18(20)10-8-16)11-19(14-22)21-12-15-5-3-2-4-6-15/h2-10,17,19,21H,11-14H2,1H3. The van der Waals surface area contributed by atoms with Crippen LogP contribution < -0.4 is 5.32 Å². The van der Waals surface area contributed by atoms with Crippen LogP contribution in [0.25, 0.3) is 0 Å². The van der Waals surface area contributed by atoms with Crippen molar-refractivity contribution in [3.8, 4) is 0 Å². The first-order chi connectivity index (χ1) is 10.7. The van der Waals surface area contributed by atoms with Crippen molar-refractivity contribution in [3.63, 3.8) is 0 Å². The third kappa shape index (κ3) is 3.93. The molecule has 3 rings (SSSR count). The van der Waals surface area contributed by atoms with Crippen LogP contribution in [0, 0.1) is 5.82 Å². The Labute approximate surface area is 132 Å². The minimum atomic E-state index is -0.160. The van der Waals surface area contributed by atoms with Crippen molar-refractivity contribution in [1.29, 1.82) is 0 Å². The zero-order chi connectivity index (χ0) is 15.4. The Bertz CT molecular complexity index is 582.